The summed E-state index contributed by atoms with van der Waals surface area (Å²) in [6, 6.07) is 9.08. The molecule has 1 N–H and O–H groups in total. The largest absolute Gasteiger partial charge is 0.324 e. The van der Waals surface area contributed by atoms with E-state index < -0.39 is 0 Å². The first-order valence-electron chi connectivity index (χ1n) is 9.59. The molecule has 0 saturated heterocycles. The molecule has 1 amide bonds. The first-order chi connectivity index (χ1) is 14.1. The molecule has 6 nitrogen and oxygen atoms in total. The Kier molecular flexibility index (Phi) is 6.47. The number of anilines is 1. The van der Waals surface area contributed by atoms with Crippen LogP contribution in [0.2, 0.25) is 10.0 Å². The molecule has 1 aromatic carbocycles. The second kappa shape index (κ2) is 9.24. The Morgan fingerprint density at radius 2 is 1.86 bits per heavy atom. The van der Waals surface area contributed by atoms with Crippen molar-refractivity contribution >= 4 is 46.6 Å². The maximum Gasteiger partial charge on any atom is 0.234 e. The zero-order chi connectivity index (χ0) is 20.2. The fraction of sp³-hybridized carbons (Fsp3) is 0.350. The van der Waals surface area contributed by atoms with Crippen molar-refractivity contribution in [2.75, 3.05) is 11.1 Å². The minimum Gasteiger partial charge on any atom is -0.324 e. The second-order valence-electron chi connectivity index (χ2n) is 6.99. The third-order valence-electron chi connectivity index (χ3n) is 4.98. The summed E-state index contributed by atoms with van der Waals surface area (Å²) >= 11 is 13.5. The predicted octanol–water partition coefficient (Wildman–Crippen LogP) is 5.48. The van der Waals surface area contributed by atoms with Crippen molar-refractivity contribution in [3.63, 3.8) is 0 Å². The van der Waals surface area contributed by atoms with Crippen LogP contribution >= 0.6 is 35.0 Å². The summed E-state index contributed by atoms with van der Waals surface area (Å²) in [5, 5.41) is 13.1. The molecule has 0 spiro atoms. The van der Waals surface area contributed by atoms with E-state index in [0.29, 0.717) is 26.8 Å². The highest BCUT2D eigenvalue weighted by atomic mass is 35.5. The van der Waals surface area contributed by atoms with Crippen LogP contribution in [0.3, 0.4) is 0 Å². The first kappa shape index (κ1) is 20.3. The van der Waals surface area contributed by atoms with E-state index in [1.54, 1.807) is 18.2 Å². The standard InChI is InChI=1S/C20H21Cl2N5OS/c21-15-9-6-10-16(18(15)22)23-17(28)13-29-20-25-24-19(14-7-2-1-3-8-14)27(20)26-11-4-5-12-26/h4-6,9-12,14H,1-3,7-8,13H2,(H,23,28). The molecule has 2 aromatic heterocycles. The fourth-order valence-electron chi connectivity index (χ4n) is 3.57. The van der Waals surface area contributed by atoms with Crippen molar-refractivity contribution < 1.29 is 4.79 Å². The predicted molar refractivity (Wildman–Crippen MR) is 117 cm³/mol. The van der Waals surface area contributed by atoms with Crippen molar-refractivity contribution in [3.05, 3.63) is 58.6 Å². The maximum atomic E-state index is 12.5. The van der Waals surface area contributed by atoms with Crippen LogP contribution in [0.4, 0.5) is 5.69 Å². The molecular weight excluding hydrogens is 429 g/mol. The van der Waals surface area contributed by atoms with Crippen LogP contribution in [0.15, 0.2) is 47.9 Å². The van der Waals surface area contributed by atoms with Crippen molar-refractivity contribution in [2.24, 2.45) is 0 Å². The third kappa shape index (κ3) is 4.63. The first-order valence-corrected chi connectivity index (χ1v) is 11.3. The van der Waals surface area contributed by atoms with Crippen LogP contribution < -0.4 is 5.32 Å². The summed E-state index contributed by atoms with van der Waals surface area (Å²) in [7, 11) is 0. The molecule has 29 heavy (non-hydrogen) atoms. The Morgan fingerprint density at radius 1 is 1.10 bits per heavy atom. The lowest BCUT2D eigenvalue weighted by molar-refractivity contribution is -0.113. The molecular formula is C20H21Cl2N5OS. The minimum absolute atomic E-state index is 0.180. The number of aromatic nitrogens is 4. The smallest absolute Gasteiger partial charge is 0.234 e. The second-order valence-corrected chi connectivity index (χ2v) is 8.72. The third-order valence-corrected chi connectivity index (χ3v) is 6.72. The molecule has 1 fully saturated rings. The number of nitrogens with one attached hydrogen (secondary N) is 1. The molecule has 1 aliphatic rings. The highest BCUT2D eigenvalue weighted by molar-refractivity contribution is 7.99. The van der Waals surface area contributed by atoms with Crippen molar-refractivity contribution in [1.82, 2.24) is 19.5 Å². The number of hydrogen-bond donors (Lipinski definition) is 1. The van der Waals surface area contributed by atoms with Crippen LogP contribution in [-0.4, -0.2) is 31.2 Å². The average Bonchev–Trinajstić information content (AvgIpc) is 3.40. The number of carbonyl (C=O) groups excluding carboxylic acids is 1. The summed E-state index contributed by atoms with van der Waals surface area (Å²) in [5.74, 6) is 1.36. The zero-order valence-electron chi connectivity index (χ0n) is 15.7. The summed E-state index contributed by atoms with van der Waals surface area (Å²) in [4.78, 5) is 12.5. The lowest BCUT2D eigenvalue weighted by Gasteiger charge is -2.22. The average molecular weight is 450 g/mol. The van der Waals surface area contributed by atoms with Crippen LogP contribution in [0.25, 0.3) is 0 Å². The van der Waals surface area contributed by atoms with Gasteiger partial charge in [0.15, 0.2) is 5.82 Å². The van der Waals surface area contributed by atoms with Gasteiger partial charge in [0.05, 0.1) is 21.5 Å². The molecule has 0 bridgehead atoms. The van der Waals surface area contributed by atoms with Crippen LogP contribution in [-0.2, 0) is 4.79 Å². The number of benzene rings is 1. The Balaban J connectivity index is 1.50. The Hall–Kier alpha value is -1.96. The molecule has 0 atom stereocenters. The van der Waals surface area contributed by atoms with E-state index in [9.17, 15) is 4.79 Å². The monoisotopic (exact) mass is 449 g/mol. The van der Waals surface area contributed by atoms with Gasteiger partial charge in [0.25, 0.3) is 0 Å². The Morgan fingerprint density at radius 3 is 2.62 bits per heavy atom. The number of rotatable bonds is 6. The van der Waals surface area contributed by atoms with Crippen LogP contribution in [0.1, 0.15) is 43.8 Å². The number of amides is 1. The number of hydrogen-bond acceptors (Lipinski definition) is 4. The highest BCUT2D eigenvalue weighted by Gasteiger charge is 2.24. The molecule has 3 aromatic rings. The Bertz CT molecular complexity index is 983. The van der Waals surface area contributed by atoms with Gasteiger partial charge in [-0.3, -0.25) is 9.47 Å². The Labute approximate surface area is 183 Å². The molecule has 0 radical (unpaired) electrons. The van der Waals surface area contributed by atoms with E-state index in [-0.39, 0.29) is 11.7 Å². The van der Waals surface area contributed by atoms with E-state index in [1.165, 1.54) is 31.0 Å². The van der Waals surface area contributed by atoms with Gasteiger partial charge in [-0.25, -0.2) is 4.68 Å². The number of carbonyl (C=O) groups is 1. The van der Waals surface area contributed by atoms with Crippen LogP contribution in [0.5, 0.6) is 0 Å². The van der Waals surface area contributed by atoms with Gasteiger partial charge in [0.1, 0.15) is 0 Å². The molecule has 9 heteroatoms. The zero-order valence-corrected chi connectivity index (χ0v) is 18.1. The van der Waals surface area contributed by atoms with Gasteiger partial charge in [-0.1, -0.05) is 60.3 Å². The topological polar surface area (TPSA) is 64.7 Å². The fourth-order valence-corrected chi connectivity index (χ4v) is 4.66. The summed E-state index contributed by atoms with van der Waals surface area (Å²) < 4.78 is 3.98. The number of thioether (sulfide) groups is 1. The van der Waals surface area contributed by atoms with Gasteiger partial charge >= 0.3 is 0 Å². The summed E-state index contributed by atoms with van der Waals surface area (Å²) in [6.07, 6.45) is 9.89. The lowest BCUT2D eigenvalue weighted by atomic mass is 9.89. The molecule has 152 valence electrons. The summed E-state index contributed by atoms with van der Waals surface area (Å²) in [5.41, 5.74) is 0.500. The van der Waals surface area contributed by atoms with Gasteiger partial charge in [-0.2, -0.15) is 0 Å². The number of nitrogens with zero attached hydrogens (tertiary/aromatic N) is 4. The molecule has 0 unspecified atom stereocenters. The van der Waals surface area contributed by atoms with Gasteiger partial charge in [0, 0.05) is 18.3 Å². The van der Waals surface area contributed by atoms with E-state index in [1.807, 2.05) is 33.9 Å². The molecule has 1 saturated carbocycles. The molecule has 2 heterocycles. The number of halogens is 2. The van der Waals surface area contributed by atoms with Gasteiger partial charge in [-0.15, -0.1) is 10.2 Å². The molecule has 1 aliphatic carbocycles. The van der Waals surface area contributed by atoms with Gasteiger partial charge in [-0.05, 0) is 37.1 Å². The van der Waals surface area contributed by atoms with Gasteiger partial charge in [0.2, 0.25) is 11.1 Å². The molecule has 0 aliphatic heterocycles. The van der Waals surface area contributed by atoms with Crippen molar-refractivity contribution in [3.8, 4) is 0 Å². The van der Waals surface area contributed by atoms with E-state index in [4.69, 9.17) is 23.2 Å². The lowest BCUT2D eigenvalue weighted by Crippen LogP contribution is -2.18. The van der Waals surface area contributed by atoms with Crippen molar-refractivity contribution in [1.29, 1.82) is 0 Å². The highest BCUT2D eigenvalue weighted by Crippen LogP contribution is 2.33. The maximum absolute atomic E-state index is 12.5. The molecule has 4 rings (SSSR count). The van der Waals surface area contributed by atoms with E-state index >= 15 is 0 Å². The minimum atomic E-state index is -0.180. The normalized spacial score (nSPS) is 14.8. The van der Waals surface area contributed by atoms with Crippen LogP contribution in [0, 0.1) is 0 Å². The SMILES string of the molecule is O=C(CSc1nnc(C2CCCCC2)n1-n1cccc1)Nc1cccc(Cl)c1Cl. The van der Waals surface area contributed by atoms with E-state index in [0.717, 1.165) is 18.7 Å². The van der Waals surface area contributed by atoms with E-state index in [2.05, 4.69) is 15.5 Å². The summed E-state index contributed by atoms with van der Waals surface area (Å²) in [6.45, 7) is 0. The van der Waals surface area contributed by atoms with Gasteiger partial charge < -0.3 is 5.32 Å². The van der Waals surface area contributed by atoms with Crippen molar-refractivity contribution in [2.45, 2.75) is 43.2 Å². The quantitative estimate of drug-likeness (QED) is 0.506.